The van der Waals surface area contributed by atoms with Gasteiger partial charge in [0.1, 0.15) is 5.60 Å². The molecule has 0 bridgehead atoms. The third kappa shape index (κ3) is 5.21. The Labute approximate surface area is 155 Å². The second kappa shape index (κ2) is 8.08. The van der Waals surface area contributed by atoms with Crippen molar-refractivity contribution < 1.29 is 19.4 Å². The van der Waals surface area contributed by atoms with Crippen LogP contribution in [0.4, 0.5) is 4.79 Å². The number of rotatable bonds is 5. The molecule has 0 aromatic heterocycles. The number of hydrogen-bond acceptors (Lipinski definition) is 4. The minimum atomic E-state index is -0.733. The summed E-state index contributed by atoms with van der Waals surface area (Å²) in [6.07, 6.45) is -0.211. The van der Waals surface area contributed by atoms with Gasteiger partial charge >= 0.3 is 6.09 Å². The van der Waals surface area contributed by atoms with Crippen molar-refractivity contribution in [1.29, 1.82) is 0 Å². The molecule has 2 amide bonds. The van der Waals surface area contributed by atoms with Crippen molar-refractivity contribution in [2.45, 2.75) is 65.2 Å². The predicted octanol–water partition coefficient (Wildman–Crippen LogP) is 2.85. The van der Waals surface area contributed by atoms with E-state index in [1.165, 1.54) is 0 Å². The van der Waals surface area contributed by atoms with Crippen LogP contribution in [0.1, 0.15) is 56.4 Å². The highest BCUT2D eigenvalue weighted by atomic mass is 16.6. The number of amides is 2. The van der Waals surface area contributed by atoms with Crippen LogP contribution in [-0.2, 0) is 9.53 Å². The number of nitrogens with one attached hydrogen (secondary N) is 1. The maximum absolute atomic E-state index is 12.2. The number of aliphatic hydroxyl groups is 1. The average molecular weight is 362 g/mol. The molecular formula is C20H30N2O4. The number of likely N-dealkylation sites (tertiary alicyclic amines) is 1. The monoisotopic (exact) mass is 362 g/mol. The highest BCUT2D eigenvalue weighted by Gasteiger charge is 2.36. The van der Waals surface area contributed by atoms with Gasteiger partial charge in [0.25, 0.3) is 0 Å². The van der Waals surface area contributed by atoms with Crippen LogP contribution in [0.5, 0.6) is 0 Å². The van der Waals surface area contributed by atoms with Crippen molar-refractivity contribution in [1.82, 2.24) is 10.2 Å². The maximum Gasteiger partial charge on any atom is 0.407 e. The fraction of sp³-hybridized carbons (Fsp3) is 0.600. The zero-order chi connectivity index (χ0) is 19.5. The van der Waals surface area contributed by atoms with E-state index in [1.807, 2.05) is 32.0 Å². The van der Waals surface area contributed by atoms with E-state index in [-0.39, 0.29) is 18.5 Å². The lowest BCUT2D eigenvalue weighted by Gasteiger charge is -2.30. The molecule has 2 atom stereocenters. The van der Waals surface area contributed by atoms with Gasteiger partial charge in [-0.2, -0.15) is 0 Å². The topological polar surface area (TPSA) is 78.9 Å². The number of alkyl carbamates (subject to hydrolysis) is 1. The van der Waals surface area contributed by atoms with E-state index in [1.54, 1.807) is 25.7 Å². The lowest BCUT2D eigenvalue weighted by molar-refractivity contribution is -0.130. The van der Waals surface area contributed by atoms with Crippen molar-refractivity contribution >= 4 is 12.0 Å². The Morgan fingerprint density at radius 3 is 2.73 bits per heavy atom. The minimum absolute atomic E-state index is 0.00495. The van der Waals surface area contributed by atoms with Crippen LogP contribution in [0.2, 0.25) is 0 Å². The van der Waals surface area contributed by atoms with Gasteiger partial charge in [-0.1, -0.05) is 23.8 Å². The van der Waals surface area contributed by atoms with Gasteiger partial charge in [0, 0.05) is 19.5 Å². The molecule has 6 nitrogen and oxygen atoms in total. The second-order valence-corrected chi connectivity index (χ2v) is 7.93. The van der Waals surface area contributed by atoms with Crippen molar-refractivity contribution in [2.75, 3.05) is 13.1 Å². The van der Waals surface area contributed by atoms with E-state index in [2.05, 4.69) is 5.32 Å². The van der Waals surface area contributed by atoms with Crippen LogP contribution in [0.15, 0.2) is 18.2 Å². The molecular weight excluding hydrogens is 332 g/mol. The first-order chi connectivity index (χ1) is 12.1. The summed E-state index contributed by atoms with van der Waals surface area (Å²) in [6, 6.07) is 5.69. The molecule has 1 saturated heterocycles. The largest absolute Gasteiger partial charge is 0.444 e. The Morgan fingerprint density at radius 2 is 2.08 bits per heavy atom. The molecule has 1 aromatic rings. The molecule has 2 N–H and O–H groups in total. The summed E-state index contributed by atoms with van der Waals surface area (Å²) >= 11 is 0. The molecule has 0 spiro atoms. The minimum Gasteiger partial charge on any atom is -0.444 e. The first-order valence-electron chi connectivity index (χ1n) is 9.10. The van der Waals surface area contributed by atoms with Crippen molar-refractivity contribution in [2.24, 2.45) is 0 Å². The number of aliphatic hydroxyl groups excluding tert-OH is 1. The molecule has 1 heterocycles. The molecule has 26 heavy (non-hydrogen) atoms. The van der Waals surface area contributed by atoms with Gasteiger partial charge in [0.2, 0.25) is 5.91 Å². The van der Waals surface area contributed by atoms with Crippen LogP contribution in [0, 0.1) is 13.8 Å². The van der Waals surface area contributed by atoms with Gasteiger partial charge in [0.05, 0.1) is 12.1 Å². The zero-order valence-corrected chi connectivity index (χ0v) is 16.3. The fourth-order valence-electron chi connectivity index (χ4n) is 3.25. The normalized spacial score (nSPS) is 18.8. The Kier molecular flexibility index (Phi) is 6.29. The lowest BCUT2D eigenvalue weighted by Crippen LogP contribution is -2.43. The highest BCUT2D eigenvalue weighted by Crippen LogP contribution is 2.31. The summed E-state index contributed by atoms with van der Waals surface area (Å²) in [7, 11) is 0. The molecule has 1 aromatic carbocycles. The second-order valence-electron chi connectivity index (χ2n) is 7.93. The average Bonchev–Trinajstić information content (AvgIpc) is 2.88. The molecule has 1 unspecified atom stereocenters. The molecule has 6 heteroatoms. The summed E-state index contributed by atoms with van der Waals surface area (Å²) in [4.78, 5) is 25.7. The van der Waals surface area contributed by atoms with E-state index in [0.717, 1.165) is 16.7 Å². The first-order valence-corrected chi connectivity index (χ1v) is 9.10. The van der Waals surface area contributed by atoms with Crippen LogP contribution in [0.25, 0.3) is 0 Å². The standard InChI is InChI=1S/C20H30N2O4/c1-13-6-7-14(2)15(12-13)18(24)16-8-9-17(23)22(16)11-10-21-19(25)26-20(3,4)5/h6-7,12,16,18,24H,8-11H2,1-5H3,(H,21,25)/t16?,18-/m1/s1. The first kappa shape index (κ1) is 20.2. The molecule has 144 valence electrons. The Morgan fingerprint density at radius 1 is 1.38 bits per heavy atom. The summed E-state index contributed by atoms with van der Waals surface area (Å²) in [5.41, 5.74) is 2.38. The molecule has 2 rings (SSSR count). The smallest absolute Gasteiger partial charge is 0.407 e. The van der Waals surface area contributed by atoms with Gasteiger partial charge in [-0.15, -0.1) is 0 Å². The number of nitrogens with zero attached hydrogens (tertiary/aromatic N) is 1. The molecule has 0 aliphatic carbocycles. The number of hydrogen-bond donors (Lipinski definition) is 2. The van der Waals surface area contributed by atoms with E-state index < -0.39 is 17.8 Å². The summed E-state index contributed by atoms with van der Waals surface area (Å²) in [6.45, 7) is 9.98. The SMILES string of the molecule is Cc1ccc(C)c([C@@H](O)C2CCC(=O)N2CCNC(=O)OC(C)(C)C)c1. The van der Waals surface area contributed by atoms with Crippen molar-refractivity contribution in [3.63, 3.8) is 0 Å². The van der Waals surface area contributed by atoms with Gasteiger partial charge in [0.15, 0.2) is 0 Å². The van der Waals surface area contributed by atoms with Gasteiger partial charge in [-0.05, 0) is 52.2 Å². The van der Waals surface area contributed by atoms with Gasteiger partial charge < -0.3 is 20.1 Å². The fourth-order valence-corrected chi connectivity index (χ4v) is 3.25. The van der Waals surface area contributed by atoms with Crippen molar-refractivity contribution in [3.05, 3.63) is 34.9 Å². The summed E-state index contributed by atoms with van der Waals surface area (Å²) in [5, 5.41) is 13.5. The van der Waals surface area contributed by atoms with Gasteiger partial charge in [-0.3, -0.25) is 4.79 Å². The van der Waals surface area contributed by atoms with E-state index in [9.17, 15) is 14.7 Å². The van der Waals surface area contributed by atoms with E-state index in [4.69, 9.17) is 4.74 Å². The quantitative estimate of drug-likeness (QED) is 0.844. The van der Waals surface area contributed by atoms with Crippen LogP contribution >= 0.6 is 0 Å². The van der Waals surface area contributed by atoms with Crippen LogP contribution < -0.4 is 5.32 Å². The number of carbonyl (C=O) groups is 2. The highest BCUT2D eigenvalue weighted by molar-refractivity contribution is 5.79. The lowest BCUT2D eigenvalue weighted by atomic mass is 9.95. The Bertz CT molecular complexity index is 666. The zero-order valence-electron chi connectivity index (χ0n) is 16.3. The molecule has 1 fully saturated rings. The number of aryl methyl sites for hydroxylation is 2. The van der Waals surface area contributed by atoms with E-state index in [0.29, 0.717) is 19.4 Å². The third-order valence-corrected chi connectivity index (χ3v) is 4.51. The molecule has 0 radical (unpaired) electrons. The van der Waals surface area contributed by atoms with E-state index >= 15 is 0 Å². The summed E-state index contributed by atoms with van der Waals surface area (Å²) < 4.78 is 5.20. The molecule has 0 saturated carbocycles. The van der Waals surface area contributed by atoms with Gasteiger partial charge in [-0.25, -0.2) is 4.79 Å². The van der Waals surface area contributed by atoms with Crippen LogP contribution in [-0.4, -0.2) is 46.7 Å². The number of carbonyl (C=O) groups excluding carboxylic acids is 2. The summed E-state index contributed by atoms with van der Waals surface area (Å²) in [5.74, 6) is 0.00495. The number of ether oxygens (including phenoxy) is 1. The van der Waals surface area contributed by atoms with Crippen LogP contribution in [0.3, 0.4) is 0 Å². The Balaban J connectivity index is 1.99. The number of benzene rings is 1. The third-order valence-electron chi connectivity index (χ3n) is 4.51. The Hall–Kier alpha value is -2.08. The maximum atomic E-state index is 12.2. The predicted molar refractivity (Wildman–Crippen MR) is 99.8 cm³/mol. The molecule has 1 aliphatic heterocycles. The molecule has 1 aliphatic rings. The van der Waals surface area contributed by atoms with Crippen molar-refractivity contribution in [3.8, 4) is 0 Å².